The molecule has 2 heterocycles. The molecule has 2 aromatic rings. The Labute approximate surface area is 122 Å². The van der Waals surface area contributed by atoms with Crippen molar-refractivity contribution in [1.29, 1.82) is 0 Å². The molecule has 0 spiro atoms. The van der Waals surface area contributed by atoms with Gasteiger partial charge in [0.05, 0.1) is 6.54 Å². The van der Waals surface area contributed by atoms with Crippen LogP contribution >= 0.6 is 31.9 Å². The Kier molecular flexibility index (Phi) is 3.39. The first-order chi connectivity index (χ1) is 8.78. The van der Waals surface area contributed by atoms with Crippen LogP contribution in [0.2, 0.25) is 0 Å². The number of hydrogen-bond donors (Lipinski definition) is 0. The lowest BCUT2D eigenvalue weighted by Gasteiger charge is -2.30. The van der Waals surface area contributed by atoms with Crippen molar-refractivity contribution in [2.24, 2.45) is 0 Å². The summed E-state index contributed by atoms with van der Waals surface area (Å²) >= 11 is 7.09. The van der Waals surface area contributed by atoms with Gasteiger partial charge in [-0.15, -0.1) is 10.2 Å². The molecule has 1 aliphatic heterocycles. The normalized spacial score (nSPS) is 14.7. The largest absolute Gasteiger partial charge is 0.362 e. The molecule has 0 N–H and O–H groups in total. The molecular weight excluding hydrogens is 360 g/mol. The van der Waals surface area contributed by atoms with Crippen molar-refractivity contribution in [3.63, 3.8) is 0 Å². The summed E-state index contributed by atoms with van der Waals surface area (Å²) in [6.07, 6.45) is 1.80. The zero-order chi connectivity index (χ0) is 12.5. The van der Waals surface area contributed by atoms with E-state index in [4.69, 9.17) is 0 Å². The standard InChI is InChI=1S/C12H12Br2N4/c13-6-9-1-2-10(14)5-11(9)17-3-4-18-8-15-16-12(18)7-17/h1-2,5,8H,3-4,6-7H2. The Balaban J connectivity index is 1.94. The highest BCUT2D eigenvalue weighted by molar-refractivity contribution is 9.10. The lowest BCUT2D eigenvalue weighted by Crippen LogP contribution is -2.34. The number of rotatable bonds is 2. The van der Waals surface area contributed by atoms with Crippen molar-refractivity contribution in [3.05, 3.63) is 40.4 Å². The monoisotopic (exact) mass is 370 g/mol. The van der Waals surface area contributed by atoms with Gasteiger partial charge in [0.1, 0.15) is 6.33 Å². The van der Waals surface area contributed by atoms with Crippen molar-refractivity contribution >= 4 is 37.5 Å². The molecule has 0 fully saturated rings. The molecule has 94 valence electrons. The summed E-state index contributed by atoms with van der Waals surface area (Å²) in [5.74, 6) is 1.03. The minimum Gasteiger partial charge on any atom is -0.362 e. The van der Waals surface area contributed by atoms with E-state index >= 15 is 0 Å². The molecular formula is C12H12Br2N4. The van der Waals surface area contributed by atoms with Gasteiger partial charge in [-0.3, -0.25) is 0 Å². The van der Waals surface area contributed by atoms with Crippen LogP contribution in [0.4, 0.5) is 5.69 Å². The number of halogens is 2. The maximum Gasteiger partial charge on any atom is 0.152 e. The lowest BCUT2D eigenvalue weighted by atomic mass is 10.1. The first kappa shape index (κ1) is 12.2. The van der Waals surface area contributed by atoms with Gasteiger partial charge >= 0.3 is 0 Å². The third-order valence-corrected chi connectivity index (χ3v) is 4.27. The quantitative estimate of drug-likeness (QED) is 0.761. The van der Waals surface area contributed by atoms with Crippen LogP contribution < -0.4 is 4.90 Å². The van der Waals surface area contributed by atoms with Gasteiger partial charge in [-0.2, -0.15) is 0 Å². The van der Waals surface area contributed by atoms with Crippen LogP contribution in [0.25, 0.3) is 0 Å². The fourth-order valence-electron chi connectivity index (χ4n) is 2.22. The second-order valence-electron chi connectivity index (χ2n) is 4.27. The molecule has 4 nitrogen and oxygen atoms in total. The van der Waals surface area contributed by atoms with Crippen molar-refractivity contribution in [3.8, 4) is 0 Å². The van der Waals surface area contributed by atoms with Crippen LogP contribution in [0.15, 0.2) is 29.0 Å². The van der Waals surface area contributed by atoms with Crippen LogP contribution in [-0.2, 0) is 18.4 Å². The van der Waals surface area contributed by atoms with Crippen molar-refractivity contribution in [2.75, 3.05) is 11.4 Å². The Morgan fingerprint density at radius 3 is 3.00 bits per heavy atom. The van der Waals surface area contributed by atoms with E-state index in [9.17, 15) is 0 Å². The summed E-state index contributed by atoms with van der Waals surface area (Å²) in [4.78, 5) is 2.35. The van der Waals surface area contributed by atoms with E-state index in [1.807, 2.05) is 0 Å². The Hall–Kier alpha value is -0.880. The predicted octanol–water partition coefficient (Wildman–Crippen LogP) is 2.96. The number of fused-ring (bicyclic) bond motifs is 1. The molecule has 3 rings (SSSR count). The molecule has 1 aliphatic rings. The average molecular weight is 372 g/mol. The van der Waals surface area contributed by atoms with Crippen LogP contribution in [0, 0.1) is 0 Å². The molecule has 1 aromatic heterocycles. The molecule has 0 atom stereocenters. The summed E-state index contributed by atoms with van der Waals surface area (Å²) in [6.45, 7) is 2.74. The third-order valence-electron chi connectivity index (χ3n) is 3.17. The van der Waals surface area contributed by atoms with E-state index in [-0.39, 0.29) is 0 Å². The summed E-state index contributed by atoms with van der Waals surface area (Å²) in [5.41, 5.74) is 2.56. The molecule has 0 saturated carbocycles. The second-order valence-corrected chi connectivity index (χ2v) is 5.75. The Morgan fingerprint density at radius 1 is 1.28 bits per heavy atom. The molecule has 0 amide bonds. The fourth-order valence-corrected chi connectivity index (χ4v) is 3.04. The molecule has 1 aromatic carbocycles. The molecule has 18 heavy (non-hydrogen) atoms. The Morgan fingerprint density at radius 2 is 2.17 bits per heavy atom. The van der Waals surface area contributed by atoms with Gasteiger partial charge in [-0.25, -0.2) is 0 Å². The topological polar surface area (TPSA) is 34.0 Å². The van der Waals surface area contributed by atoms with Crippen LogP contribution in [0.3, 0.4) is 0 Å². The second kappa shape index (κ2) is 5.01. The molecule has 0 unspecified atom stereocenters. The van der Waals surface area contributed by atoms with Gasteiger partial charge < -0.3 is 9.47 Å². The number of aromatic nitrogens is 3. The van der Waals surface area contributed by atoms with Gasteiger partial charge in [0.25, 0.3) is 0 Å². The van der Waals surface area contributed by atoms with Gasteiger partial charge in [0.15, 0.2) is 5.82 Å². The molecule has 0 radical (unpaired) electrons. The first-order valence-corrected chi connectivity index (χ1v) is 7.65. The van der Waals surface area contributed by atoms with Gasteiger partial charge in [-0.05, 0) is 17.7 Å². The zero-order valence-corrected chi connectivity index (χ0v) is 12.9. The van der Waals surface area contributed by atoms with E-state index in [1.165, 1.54) is 11.3 Å². The number of alkyl halides is 1. The molecule has 0 aliphatic carbocycles. The maximum atomic E-state index is 4.16. The van der Waals surface area contributed by atoms with E-state index in [2.05, 4.69) is 69.7 Å². The molecule has 0 bridgehead atoms. The number of anilines is 1. The van der Waals surface area contributed by atoms with Gasteiger partial charge in [0.2, 0.25) is 0 Å². The van der Waals surface area contributed by atoms with E-state index in [1.54, 1.807) is 6.33 Å². The number of benzene rings is 1. The highest BCUT2D eigenvalue weighted by atomic mass is 79.9. The lowest BCUT2D eigenvalue weighted by molar-refractivity contribution is 0.559. The van der Waals surface area contributed by atoms with Crippen LogP contribution in [0.1, 0.15) is 11.4 Å². The minimum absolute atomic E-state index is 0.816. The molecule has 0 saturated heterocycles. The summed E-state index contributed by atoms with van der Waals surface area (Å²) < 4.78 is 3.22. The van der Waals surface area contributed by atoms with Gasteiger partial charge in [0, 0.05) is 28.6 Å². The summed E-state index contributed by atoms with van der Waals surface area (Å²) in [7, 11) is 0. The van der Waals surface area contributed by atoms with Crippen LogP contribution in [0.5, 0.6) is 0 Å². The minimum atomic E-state index is 0.816. The SMILES string of the molecule is BrCc1ccc(Br)cc1N1CCn2cnnc2C1. The van der Waals surface area contributed by atoms with Gasteiger partial charge in [-0.1, -0.05) is 37.9 Å². The van der Waals surface area contributed by atoms with E-state index in [0.29, 0.717) is 0 Å². The van der Waals surface area contributed by atoms with Crippen molar-refractivity contribution < 1.29 is 0 Å². The fraction of sp³-hybridized carbons (Fsp3) is 0.333. The molecule has 6 heteroatoms. The van der Waals surface area contributed by atoms with E-state index in [0.717, 1.165) is 35.3 Å². The van der Waals surface area contributed by atoms with Crippen molar-refractivity contribution in [1.82, 2.24) is 14.8 Å². The van der Waals surface area contributed by atoms with Crippen molar-refractivity contribution in [2.45, 2.75) is 18.4 Å². The van der Waals surface area contributed by atoms with E-state index < -0.39 is 0 Å². The highest BCUT2D eigenvalue weighted by Gasteiger charge is 2.19. The summed E-state index contributed by atoms with van der Waals surface area (Å²) in [6, 6.07) is 6.39. The Bertz CT molecular complexity index is 567. The first-order valence-electron chi connectivity index (χ1n) is 5.74. The maximum absolute atomic E-state index is 4.16. The highest BCUT2D eigenvalue weighted by Crippen LogP contribution is 2.29. The number of nitrogens with zero attached hydrogens (tertiary/aromatic N) is 4. The van der Waals surface area contributed by atoms with Crippen LogP contribution in [-0.4, -0.2) is 21.3 Å². The number of hydrogen-bond acceptors (Lipinski definition) is 3. The zero-order valence-electron chi connectivity index (χ0n) is 9.68. The summed E-state index contributed by atoms with van der Waals surface area (Å²) in [5, 5.41) is 8.98. The smallest absolute Gasteiger partial charge is 0.152 e. The predicted molar refractivity (Wildman–Crippen MR) is 77.8 cm³/mol. The average Bonchev–Trinajstić information content (AvgIpc) is 2.85. The third kappa shape index (κ3) is 2.19.